The molecule has 1 aliphatic heterocycles. The number of carboxylic acids is 2. The van der Waals surface area contributed by atoms with Crippen molar-refractivity contribution in [2.45, 2.75) is 84.0 Å². The minimum absolute atomic E-state index is 0.119. The Morgan fingerprint density at radius 1 is 1.09 bits per heavy atom. The number of nitrogens with two attached hydrogens (primary N) is 1. The Morgan fingerprint density at radius 2 is 1.72 bits per heavy atom. The summed E-state index contributed by atoms with van der Waals surface area (Å²) in [5, 5.41) is 23.2. The predicted octanol–water partition coefficient (Wildman–Crippen LogP) is -0.0742. The number of carbonyl (C=O) groups excluding carboxylic acids is 3. The summed E-state index contributed by atoms with van der Waals surface area (Å²) in [5.41, 5.74) is 5.91. The fourth-order valence-electron chi connectivity index (χ4n) is 3.51. The summed E-state index contributed by atoms with van der Waals surface area (Å²) in [6.45, 7) is 7.60. The van der Waals surface area contributed by atoms with Crippen molar-refractivity contribution in [3.8, 4) is 0 Å². The number of aliphatic carboxylic acids is 2. The average Bonchev–Trinajstić information content (AvgIpc) is 3.22. The summed E-state index contributed by atoms with van der Waals surface area (Å²) in [5.74, 6) is -4.36. The highest BCUT2D eigenvalue weighted by Crippen LogP contribution is 2.22. The number of amides is 3. The number of hydrogen-bond acceptors (Lipinski definition) is 6. The van der Waals surface area contributed by atoms with E-state index in [-0.39, 0.29) is 18.3 Å². The maximum atomic E-state index is 13.3. The Bertz CT molecular complexity index is 712. The van der Waals surface area contributed by atoms with E-state index in [2.05, 4.69) is 10.6 Å². The van der Waals surface area contributed by atoms with Gasteiger partial charge in [0.2, 0.25) is 17.7 Å². The van der Waals surface area contributed by atoms with Crippen molar-refractivity contribution in [2.75, 3.05) is 6.54 Å². The zero-order valence-electron chi connectivity index (χ0n) is 19.2. The van der Waals surface area contributed by atoms with Gasteiger partial charge in [-0.1, -0.05) is 34.1 Å². The van der Waals surface area contributed by atoms with Crippen LogP contribution in [-0.4, -0.2) is 75.5 Å². The molecule has 1 fully saturated rings. The van der Waals surface area contributed by atoms with Crippen LogP contribution in [0.25, 0.3) is 0 Å². The maximum absolute atomic E-state index is 13.3. The molecule has 0 aromatic rings. The summed E-state index contributed by atoms with van der Waals surface area (Å²) >= 11 is 0. The van der Waals surface area contributed by atoms with Crippen molar-refractivity contribution in [1.29, 1.82) is 0 Å². The van der Waals surface area contributed by atoms with E-state index in [0.29, 0.717) is 25.8 Å². The quantitative estimate of drug-likeness (QED) is 0.270. The van der Waals surface area contributed by atoms with Crippen LogP contribution in [0.1, 0.15) is 59.8 Å². The van der Waals surface area contributed by atoms with Gasteiger partial charge in [-0.15, -0.1) is 0 Å². The fourth-order valence-corrected chi connectivity index (χ4v) is 3.51. The molecule has 0 aromatic carbocycles. The lowest BCUT2D eigenvalue weighted by Crippen LogP contribution is -2.58. The standard InChI is InChI=1S/C21H36N4O7/c1-5-12(4)17(24-19(29)16(22)11(2)3)20(30)25-10-6-7-14(25)18(28)23-13(21(31)32)8-9-15(26)27/h11-14,16-17H,5-10,22H2,1-4H3,(H,23,28)(H,24,29)(H,26,27)(H,31,32). The van der Waals surface area contributed by atoms with Crippen molar-refractivity contribution in [3.63, 3.8) is 0 Å². The van der Waals surface area contributed by atoms with Crippen LogP contribution in [-0.2, 0) is 24.0 Å². The number of carbonyl (C=O) groups is 5. The maximum Gasteiger partial charge on any atom is 0.326 e. The zero-order chi connectivity index (χ0) is 24.6. The third-order valence-electron chi connectivity index (χ3n) is 5.90. The third kappa shape index (κ3) is 7.47. The van der Waals surface area contributed by atoms with Gasteiger partial charge in [0.15, 0.2) is 0 Å². The summed E-state index contributed by atoms with van der Waals surface area (Å²) < 4.78 is 0. The molecule has 6 N–H and O–H groups in total. The summed E-state index contributed by atoms with van der Waals surface area (Å²) in [6, 6.07) is -3.91. The Balaban J connectivity index is 2.98. The molecule has 5 unspecified atom stereocenters. The lowest BCUT2D eigenvalue weighted by Gasteiger charge is -2.32. The van der Waals surface area contributed by atoms with E-state index in [9.17, 15) is 29.1 Å². The number of rotatable bonds is 12. The van der Waals surface area contributed by atoms with E-state index in [1.807, 2.05) is 13.8 Å². The second kappa shape index (κ2) is 12.4. The third-order valence-corrected chi connectivity index (χ3v) is 5.90. The molecular formula is C21H36N4O7. The Morgan fingerprint density at radius 3 is 2.22 bits per heavy atom. The van der Waals surface area contributed by atoms with E-state index in [4.69, 9.17) is 10.8 Å². The van der Waals surface area contributed by atoms with Gasteiger partial charge in [0, 0.05) is 13.0 Å². The lowest BCUT2D eigenvalue weighted by atomic mass is 9.96. The molecule has 32 heavy (non-hydrogen) atoms. The zero-order valence-corrected chi connectivity index (χ0v) is 19.2. The molecule has 3 amide bonds. The Kier molecular flexibility index (Phi) is 10.6. The molecule has 1 aliphatic rings. The van der Waals surface area contributed by atoms with Gasteiger partial charge in [-0.25, -0.2) is 4.79 Å². The molecule has 0 aliphatic carbocycles. The minimum Gasteiger partial charge on any atom is -0.481 e. The minimum atomic E-state index is -1.37. The molecule has 1 rings (SSSR count). The van der Waals surface area contributed by atoms with Crippen LogP contribution in [0.2, 0.25) is 0 Å². The van der Waals surface area contributed by atoms with Gasteiger partial charge >= 0.3 is 11.9 Å². The summed E-state index contributed by atoms with van der Waals surface area (Å²) in [7, 11) is 0. The first-order valence-electron chi connectivity index (χ1n) is 11.0. The normalized spacial score (nSPS) is 19.7. The van der Waals surface area contributed by atoms with Crippen LogP contribution in [0.4, 0.5) is 0 Å². The first-order valence-corrected chi connectivity index (χ1v) is 11.0. The van der Waals surface area contributed by atoms with Crippen LogP contribution in [0.15, 0.2) is 0 Å². The largest absolute Gasteiger partial charge is 0.481 e. The number of hydrogen-bond donors (Lipinski definition) is 5. The molecule has 11 heteroatoms. The summed E-state index contributed by atoms with van der Waals surface area (Å²) in [6.07, 6.45) is 0.811. The number of likely N-dealkylation sites (tertiary alicyclic amines) is 1. The Labute approximate surface area is 188 Å². The number of nitrogens with one attached hydrogen (secondary N) is 2. The van der Waals surface area contributed by atoms with E-state index in [0.717, 1.165) is 0 Å². The first-order chi connectivity index (χ1) is 14.9. The fraction of sp³-hybridized carbons (Fsp3) is 0.762. The van der Waals surface area contributed by atoms with Crippen LogP contribution in [0.3, 0.4) is 0 Å². The van der Waals surface area contributed by atoms with Crippen molar-refractivity contribution >= 4 is 29.7 Å². The SMILES string of the molecule is CCC(C)C(NC(=O)C(N)C(C)C)C(=O)N1CCCC1C(=O)NC(CCC(=O)O)C(=O)O. The van der Waals surface area contributed by atoms with Crippen molar-refractivity contribution in [1.82, 2.24) is 15.5 Å². The molecular weight excluding hydrogens is 420 g/mol. The molecule has 1 saturated heterocycles. The monoisotopic (exact) mass is 456 g/mol. The molecule has 0 aromatic heterocycles. The van der Waals surface area contributed by atoms with Crippen molar-refractivity contribution < 1.29 is 34.2 Å². The molecule has 0 saturated carbocycles. The van der Waals surface area contributed by atoms with Gasteiger partial charge in [0.1, 0.15) is 18.1 Å². The van der Waals surface area contributed by atoms with Gasteiger partial charge in [0.25, 0.3) is 0 Å². The smallest absolute Gasteiger partial charge is 0.326 e. The molecule has 1 heterocycles. The number of carboxylic acid groups (broad SMARTS) is 2. The van der Waals surface area contributed by atoms with Crippen LogP contribution >= 0.6 is 0 Å². The molecule has 0 radical (unpaired) electrons. The van der Waals surface area contributed by atoms with Gasteiger partial charge < -0.3 is 31.5 Å². The highest BCUT2D eigenvalue weighted by Gasteiger charge is 2.40. The second-order valence-corrected chi connectivity index (χ2v) is 8.66. The lowest BCUT2D eigenvalue weighted by molar-refractivity contribution is -0.146. The van der Waals surface area contributed by atoms with E-state index in [1.54, 1.807) is 13.8 Å². The molecule has 0 bridgehead atoms. The van der Waals surface area contributed by atoms with Gasteiger partial charge in [-0.3, -0.25) is 19.2 Å². The van der Waals surface area contributed by atoms with E-state index >= 15 is 0 Å². The molecule has 0 spiro atoms. The average molecular weight is 457 g/mol. The van der Waals surface area contributed by atoms with Crippen LogP contribution in [0.5, 0.6) is 0 Å². The number of nitrogens with zero attached hydrogens (tertiary/aromatic N) is 1. The second-order valence-electron chi connectivity index (χ2n) is 8.66. The van der Waals surface area contributed by atoms with Crippen LogP contribution in [0, 0.1) is 11.8 Å². The van der Waals surface area contributed by atoms with Gasteiger partial charge in [-0.05, 0) is 31.1 Å². The topological polar surface area (TPSA) is 179 Å². The molecule has 5 atom stereocenters. The van der Waals surface area contributed by atoms with Crippen molar-refractivity contribution in [3.05, 3.63) is 0 Å². The first kappa shape index (κ1) is 27.3. The van der Waals surface area contributed by atoms with Crippen molar-refractivity contribution in [2.24, 2.45) is 17.6 Å². The van der Waals surface area contributed by atoms with Gasteiger partial charge in [-0.2, -0.15) is 0 Å². The molecule has 182 valence electrons. The van der Waals surface area contributed by atoms with Crippen LogP contribution < -0.4 is 16.4 Å². The Hall–Kier alpha value is -2.69. The molecule has 11 nitrogen and oxygen atoms in total. The highest BCUT2D eigenvalue weighted by atomic mass is 16.4. The summed E-state index contributed by atoms with van der Waals surface area (Å²) in [4.78, 5) is 62.1. The van der Waals surface area contributed by atoms with Gasteiger partial charge in [0.05, 0.1) is 6.04 Å². The highest BCUT2D eigenvalue weighted by molar-refractivity contribution is 5.94. The van der Waals surface area contributed by atoms with E-state index < -0.39 is 60.2 Å². The van der Waals surface area contributed by atoms with E-state index in [1.165, 1.54) is 4.90 Å². The predicted molar refractivity (Wildman–Crippen MR) is 115 cm³/mol.